The van der Waals surface area contributed by atoms with Crippen LogP contribution in [0.5, 0.6) is 5.75 Å². The minimum atomic E-state index is 0.169. The first-order valence-electron chi connectivity index (χ1n) is 6.13. The van der Waals surface area contributed by atoms with E-state index >= 15 is 0 Å². The molecule has 5 heteroatoms. The molecule has 1 aromatic carbocycles. The number of hydrogen-bond donors (Lipinski definition) is 1. The molecule has 0 spiro atoms. The van der Waals surface area contributed by atoms with Gasteiger partial charge < -0.3 is 10.1 Å². The van der Waals surface area contributed by atoms with Crippen molar-refractivity contribution < 1.29 is 4.74 Å². The Morgan fingerprint density at radius 2 is 2.05 bits per heavy atom. The average molecular weight is 322 g/mol. The highest BCUT2D eigenvalue weighted by Gasteiger charge is 2.05. The Morgan fingerprint density at radius 3 is 2.74 bits per heavy atom. The zero-order valence-electron chi connectivity index (χ0n) is 10.7. The third-order valence-corrected chi connectivity index (χ3v) is 3.19. The molecule has 0 saturated carbocycles. The van der Waals surface area contributed by atoms with E-state index in [0.29, 0.717) is 6.61 Å². The quantitative estimate of drug-likeness (QED) is 0.831. The molecule has 0 saturated heterocycles. The highest BCUT2D eigenvalue weighted by atomic mass is 79.9. The number of rotatable bonds is 6. The molecule has 0 amide bonds. The Labute approximate surface area is 121 Å². The molecule has 1 atom stereocenters. The molecule has 1 N–H and O–H groups in total. The second-order valence-electron chi connectivity index (χ2n) is 4.11. The maximum absolute atomic E-state index is 5.63. The van der Waals surface area contributed by atoms with Crippen molar-refractivity contribution >= 4 is 15.9 Å². The largest absolute Gasteiger partial charge is 0.492 e. The minimum absolute atomic E-state index is 0.169. The van der Waals surface area contributed by atoms with E-state index in [1.807, 2.05) is 24.3 Å². The summed E-state index contributed by atoms with van der Waals surface area (Å²) >= 11 is 3.39. The highest BCUT2D eigenvalue weighted by Crippen LogP contribution is 2.15. The molecular formula is C14H16BrN3O. The topological polar surface area (TPSA) is 47.0 Å². The predicted molar refractivity (Wildman–Crippen MR) is 78.1 cm³/mol. The Hall–Kier alpha value is -1.46. The van der Waals surface area contributed by atoms with Crippen molar-refractivity contribution in [3.05, 3.63) is 53.0 Å². The maximum Gasteiger partial charge on any atom is 0.119 e. The van der Waals surface area contributed by atoms with Crippen LogP contribution in [0.2, 0.25) is 0 Å². The lowest BCUT2D eigenvalue weighted by Crippen LogP contribution is -2.25. The summed E-state index contributed by atoms with van der Waals surface area (Å²) in [5, 5.41) is 3.34. The van der Waals surface area contributed by atoms with E-state index in [0.717, 1.165) is 22.5 Å². The lowest BCUT2D eigenvalue weighted by Gasteiger charge is -2.13. The van der Waals surface area contributed by atoms with E-state index < -0.39 is 0 Å². The van der Waals surface area contributed by atoms with Gasteiger partial charge in [-0.15, -0.1) is 0 Å². The van der Waals surface area contributed by atoms with Crippen LogP contribution in [0.15, 0.2) is 47.3 Å². The van der Waals surface area contributed by atoms with Crippen molar-refractivity contribution in [1.82, 2.24) is 15.3 Å². The van der Waals surface area contributed by atoms with E-state index in [1.165, 1.54) is 0 Å². The van der Waals surface area contributed by atoms with Gasteiger partial charge in [0.2, 0.25) is 0 Å². The smallest absolute Gasteiger partial charge is 0.119 e. The van der Waals surface area contributed by atoms with Crippen LogP contribution in [0.3, 0.4) is 0 Å². The summed E-state index contributed by atoms with van der Waals surface area (Å²) in [5.41, 5.74) is 0.936. The molecule has 100 valence electrons. The summed E-state index contributed by atoms with van der Waals surface area (Å²) in [7, 11) is 0. The molecule has 0 bridgehead atoms. The summed E-state index contributed by atoms with van der Waals surface area (Å²) in [5.74, 6) is 0.872. The number of ether oxygens (including phenoxy) is 1. The molecule has 1 aromatic heterocycles. The summed E-state index contributed by atoms with van der Waals surface area (Å²) in [6, 6.07) is 7.98. The van der Waals surface area contributed by atoms with Crippen LogP contribution < -0.4 is 10.1 Å². The molecule has 0 aliphatic heterocycles. The van der Waals surface area contributed by atoms with E-state index in [2.05, 4.69) is 38.1 Å². The van der Waals surface area contributed by atoms with Gasteiger partial charge in [0.15, 0.2) is 0 Å². The van der Waals surface area contributed by atoms with Gasteiger partial charge in [-0.2, -0.15) is 0 Å². The van der Waals surface area contributed by atoms with Crippen molar-refractivity contribution in [2.24, 2.45) is 0 Å². The van der Waals surface area contributed by atoms with Gasteiger partial charge in [-0.1, -0.05) is 15.9 Å². The predicted octanol–water partition coefficient (Wildman–Crippen LogP) is 2.97. The summed E-state index contributed by atoms with van der Waals surface area (Å²) in [6.07, 6.45) is 5.14. The van der Waals surface area contributed by atoms with Crippen molar-refractivity contribution in [3.8, 4) is 5.75 Å². The Balaban J connectivity index is 1.71. The molecule has 4 nitrogen and oxygen atoms in total. The fraction of sp³-hybridized carbons (Fsp3) is 0.286. The van der Waals surface area contributed by atoms with Crippen LogP contribution in [0.1, 0.15) is 18.7 Å². The maximum atomic E-state index is 5.63. The van der Waals surface area contributed by atoms with Gasteiger partial charge in [-0.25, -0.2) is 0 Å². The van der Waals surface area contributed by atoms with Crippen LogP contribution >= 0.6 is 15.9 Å². The first-order valence-corrected chi connectivity index (χ1v) is 6.92. The Morgan fingerprint density at radius 1 is 1.26 bits per heavy atom. The Bertz CT molecular complexity index is 490. The van der Waals surface area contributed by atoms with Gasteiger partial charge in [-0.05, 0) is 31.2 Å². The SMILES string of the molecule is C[C@@H](NCCOc1ccc(Br)cc1)c1cnccn1. The van der Waals surface area contributed by atoms with Crippen molar-refractivity contribution in [2.45, 2.75) is 13.0 Å². The first-order chi connectivity index (χ1) is 9.25. The minimum Gasteiger partial charge on any atom is -0.492 e. The van der Waals surface area contributed by atoms with Gasteiger partial charge in [0.25, 0.3) is 0 Å². The highest BCUT2D eigenvalue weighted by molar-refractivity contribution is 9.10. The number of hydrogen-bond acceptors (Lipinski definition) is 4. The fourth-order valence-corrected chi connectivity index (χ4v) is 1.88. The normalized spacial score (nSPS) is 12.1. The van der Waals surface area contributed by atoms with E-state index in [-0.39, 0.29) is 6.04 Å². The van der Waals surface area contributed by atoms with Crippen LogP contribution in [0.4, 0.5) is 0 Å². The molecule has 0 aliphatic rings. The molecule has 0 unspecified atom stereocenters. The summed E-state index contributed by atoms with van der Waals surface area (Å²) in [4.78, 5) is 8.31. The second-order valence-corrected chi connectivity index (χ2v) is 5.02. The van der Waals surface area contributed by atoms with Crippen LogP contribution in [-0.4, -0.2) is 23.1 Å². The fourth-order valence-electron chi connectivity index (χ4n) is 1.61. The monoisotopic (exact) mass is 321 g/mol. The van der Waals surface area contributed by atoms with Crippen LogP contribution in [0, 0.1) is 0 Å². The zero-order chi connectivity index (χ0) is 13.5. The molecular weight excluding hydrogens is 306 g/mol. The van der Waals surface area contributed by atoms with Gasteiger partial charge in [-0.3, -0.25) is 9.97 Å². The van der Waals surface area contributed by atoms with Gasteiger partial charge in [0.1, 0.15) is 12.4 Å². The second kappa shape index (κ2) is 7.21. The van der Waals surface area contributed by atoms with E-state index in [4.69, 9.17) is 4.74 Å². The van der Waals surface area contributed by atoms with Crippen molar-refractivity contribution in [2.75, 3.05) is 13.2 Å². The Kier molecular flexibility index (Phi) is 5.30. The number of nitrogens with zero attached hydrogens (tertiary/aromatic N) is 2. The van der Waals surface area contributed by atoms with Gasteiger partial charge in [0, 0.05) is 35.6 Å². The lowest BCUT2D eigenvalue weighted by atomic mass is 10.2. The molecule has 0 aliphatic carbocycles. The summed E-state index contributed by atoms with van der Waals surface area (Å²) < 4.78 is 6.68. The third-order valence-electron chi connectivity index (χ3n) is 2.66. The van der Waals surface area contributed by atoms with Crippen LogP contribution in [-0.2, 0) is 0 Å². The molecule has 2 rings (SSSR count). The van der Waals surface area contributed by atoms with E-state index in [1.54, 1.807) is 18.6 Å². The zero-order valence-corrected chi connectivity index (χ0v) is 12.3. The van der Waals surface area contributed by atoms with Crippen molar-refractivity contribution in [3.63, 3.8) is 0 Å². The molecule has 1 heterocycles. The number of benzene rings is 1. The summed E-state index contributed by atoms with van der Waals surface area (Å²) in [6.45, 7) is 3.43. The van der Waals surface area contributed by atoms with Gasteiger partial charge in [0.05, 0.1) is 5.69 Å². The molecule has 2 aromatic rings. The average Bonchev–Trinajstić information content (AvgIpc) is 2.46. The van der Waals surface area contributed by atoms with Gasteiger partial charge >= 0.3 is 0 Å². The van der Waals surface area contributed by atoms with Crippen molar-refractivity contribution in [1.29, 1.82) is 0 Å². The molecule has 0 fully saturated rings. The number of aromatic nitrogens is 2. The molecule has 19 heavy (non-hydrogen) atoms. The molecule has 0 radical (unpaired) electrons. The standard InChI is InChI=1S/C14H16BrN3O/c1-11(14-10-16-6-7-18-14)17-8-9-19-13-4-2-12(15)3-5-13/h2-7,10-11,17H,8-9H2,1H3/t11-/m1/s1. The third kappa shape index (κ3) is 4.61. The first kappa shape index (κ1) is 14.0. The number of halogens is 1. The lowest BCUT2D eigenvalue weighted by molar-refractivity contribution is 0.307. The van der Waals surface area contributed by atoms with Crippen LogP contribution in [0.25, 0.3) is 0 Å². The number of nitrogens with one attached hydrogen (secondary N) is 1. The van der Waals surface area contributed by atoms with E-state index in [9.17, 15) is 0 Å².